The van der Waals surface area contributed by atoms with Crippen molar-refractivity contribution in [3.63, 3.8) is 0 Å². The van der Waals surface area contributed by atoms with Gasteiger partial charge in [0, 0.05) is 25.6 Å². The Balaban J connectivity index is 1.82. The number of hydrogen-bond acceptors (Lipinski definition) is 3. The van der Waals surface area contributed by atoms with Gasteiger partial charge < -0.3 is 15.4 Å². The maximum absolute atomic E-state index is 13.0. The molecule has 0 saturated heterocycles. The second-order valence-corrected chi connectivity index (χ2v) is 5.59. The fourth-order valence-electron chi connectivity index (χ4n) is 2.68. The zero-order valence-corrected chi connectivity index (χ0v) is 12.5. The molecule has 2 rings (SSSR count). The van der Waals surface area contributed by atoms with Gasteiger partial charge in [-0.2, -0.15) is 0 Å². The van der Waals surface area contributed by atoms with Crippen LogP contribution in [0.3, 0.4) is 0 Å². The van der Waals surface area contributed by atoms with Crippen LogP contribution >= 0.6 is 0 Å². The molecule has 1 aliphatic rings. The van der Waals surface area contributed by atoms with Crippen LogP contribution in [0.15, 0.2) is 24.3 Å². The van der Waals surface area contributed by atoms with Gasteiger partial charge in [-0.05, 0) is 30.5 Å². The second kappa shape index (κ2) is 7.52. The smallest absolute Gasteiger partial charge is 0.233 e. The Kier molecular flexibility index (Phi) is 5.70. The molecule has 0 radical (unpaired) electrons. The first-order chi connectivity index (χ1) is 10.2. The first-order valence-electron chi connectivity index (χ1n) is 7.39. The van der Waals surface area contributed by atoms with Gasteiger partial charge in [0.15, 0.2) is 0 Å². The lowest BCUT2D eigenvalue weighted by Gasteiger charge is -2.42. The molecule has 0 aliphatic heterocycles. The molecule has 1 amide bonds. The number of carbonyl (C=O) groups is 1. The van der Waals surface area contributed by atoms with E-state index in [-0.39, 0.29) is 17.1 Å². The van der Waals surface area contributed by atoms with Crippen LogP contribution in [-0.2, 0) is 14.9 Å². The zero-order chi connectivity index (χ0) is 15.1. The van der Waals surface area contributed by atoms with E-state index in [0.717, 1.165) is 24.8 Å². The number of methoxy groups -OCH3 is 1. The van der Waals surface area contributed by atoms with Crippen molar-refractivity contribution in [2.45, 2.75) is 24.7 Å². The molecule has 1 fully saturated rings. The van der Waals surface area contributed by atoms with Gasteiger partial charge in [0.2, 0.25) is 5.91 Å². The van der Waals surface area contributed by atoms with Crippen LogP contribution in [0.1, 0.15) is 24.8 Å². The van der Waals surface area contributed by atoms with Crippen molar-refractivity contribution >= 4 is 5.91 Å². The van der Waals surface area contributed by atoms with Crippen molar-refractivity contribution in [3.05, 3.63) is 35.6 Å². The van der Waals surface area contributed by atoms with E-state index in [1.807, 2.05) is 12.1 Å². The van der Waals surface area contributed by atoms with E-state index in [9.17, 15) is 9.18 Å². The number of nitrogens with one attached hydrogen (secondary N) is 2. The highest BCUT2D eigenvalue weighted by Gasteiger charge is 2.38. The summed E-state index contributed by atoms with van der Waals surface area (Å²) in [7, 11) is 1.63. The summed E-state index contributed by atoms with van der Waals surface area (Å²) in [5.74, 6) is -0.237. The molecule has 1 aromatic carbocycles. The lowest BCUT2D eigenvalue weighted by molar-refractivity contribution is -0.120. The SMILES string of the molecule is COCCNCC(=O)NCC1(c2ccc(F)cc2)CCC1. The van der Waals surface area contributed by atoms with Crippen molar-refractivity contribution in [3.8, 4) is 0 Å². The Bertz CT molecular complexity index is 458. The number of carbonyl (C=O) groups excluding carboxylic acids is 1. The molecule has 0 atom stereocenters. The number of hydrogen-bond donors (Lipinski definition) is 2. The molecule has 0 unspecified atom stereocenters. The minimum atomic E-state index is -0.223. The highest BCUT2D eigenvalue weighted by molar-refractivity contribution is 5.78. The predicted molar refractivity (Wildman–Crippen MR) is 79.7 cm³/mol. The molecule has 0 heterocycles. The van der Waals surface area contributed by atoms with Gasteiger partial charge >= 0.3 is 0 Å². The summed E-state index contributed by atoms with van der Waals surface area (Å²) in [6.07, 6.45) is 3.23. The minimum Gasteiger partial charge on any atom is -0.383 e. The normalized spacial score (nSPS) is 16.3. The fourth-order valence-corrected chi connectivity index (χ4v) is 2.68. The topological polar surface area (TPSA) is 50.4 Å². The Hall–Kier alpha value is -1.46. The first kappa shape index (κ1) is 15.9. The maximum Gasteiger partial charge on any atom is 0.233 e. The van der Waals surface area contributed by atoms with Gasteiger partial charge in [-0.3, -0.25) is 4.79 Å². The lowest BCUT2D eigenvalue weighted by Crippen LogP contribution is -2.47. The first-order valence-corrected chi connectivity index (χ1v) is 7.39. The Morgan fingerprint density at radius 3 is 2.62 bits per heavy atom. The predicted octanol–water partition coefficient (Wildman–Crippen LogP) is 1.60. The van der Waals surface area contributed by atoms with E-state index in [1.165, 1.54) is 12.1 Å². The quantitative estimate of drug-likeness (QED) is 0.716. The van der Waals surface area contributed by atoms with Crippen LogP contribution in [0.5, 0.6) is 0 Å². The molecule has 1 aliphatic carbocycles. The van der Waals surface area contributed by atoms with Gasteiger partial charge in [0.05, 0.1) is 13.2 Å². The van der Waals surface area contributed by atoms with E-state index in [0.29, 0.717) is 26.2 Å². The average Bonchev–Trinajstić information content (AvgIpc) is 2.44. The number of rotatable bonds is 8. The van der Waals surface area contributed by atoms with Gasteiger partial charge in [-0.25, -0.2) is 4.39 Å². The molecule has 2 N–H and O–H groups in total. The number of halogens is 1. The lowest BCUT2D eigenvalue weighted by atomic mass is 9.64. The molecule has 4 nitrogen and oxygen atoms in total. The largest absolute Gasteiger partial charge is 0.383 e. The summed E-state index contributed by atoms with van der Waals surface area (Å²) >= 11 is 0. The third kappa shape index (κ3) is 4.25. The van der Waals surface area contributed by atoms with Gasteiger partial charge in [0.25, 0.3) is 0 Å². The molecule has 5 heteroatoms. The highest BCUT2D eigenvalue weighted by Crippen LogP contribution is 2.43. The van der Waals surface area contributed by atoms with Crippen molar-refractivity contribution < 1.29 is 13.9 Å². The summed E-state index contributed by atoms with van der Waals surface area (Å²) < 4.78 is 17.9. The Labute approximate surface area is 125 Å². The Morgan fingerprint density at radius 2 is 2.05 bits per heavy atom. The standard InChI is InChI=1S/C16H23FN2O2/c1-21-10-9-18-11-15(20)19-12-16(7-2-8-16)13-3-5-14(17)6-4-13/h3-6,18H,2,7-12H2,1H3,(H,19,20). The van der Waals surface area contributed by atoms with Gasteiger partial charge in [-0.1, -0.05) is 18.6 Å². The van der Waals surface area contributed by atoms with Gasteiger partial charge in [-0.15, -0.1) is 0 Å². The van der Waals surface area contributed by atoms with Crippen LogP contribution < -0.4 is 10.6 Å². The molecule has 116 valence electrons. The summed E-state index contributed by atoms with van der Waals surface area (Å²) in [6, 6.07) is 6.64. The van der Waals surface area contributed by atoms with E-state index < -0.39 is 0 Å². The molecular formula is C16H23FN2O2. The van der Waals surface area contributed by atoms with Crippen molar-refractivity contribution in [1.82, 2.24) is 10.6 Å². The van der Waals surface area contributed by atoms with Crippen molar-refractivity contribution in [1.29, 1.82) is 0 Å². The summed E-state index contributed by atoms with van der Waals surface area (Å²) in [5.41, 5.74) is 1.10. The third-order valence-corrected chi connectivity index (χ3v) is 4.16. The number of benzene rings is 1. The van der Waals surface area contributed by atoms with Gasteiger partial charge in [0.1, 0.15) is 5.82 Å². The Morgan fingerprint density at radius 1 is 1.33 bits per heavy atom. The van der Waals surface area contributed by atoms with E-state index in [4.69, 9.17) is 4.74 Å². The second-order valence-electron chi connectivity index (χ2n) is 5.59. The number of ether oxygens (including phenoxy) is 1. The van der Waals surface area contributed by atoms with Crippen LogP contribution in [0, 0.1) is 5.82 Å². The van der Waals surface area contributed by atoms with E-state index in [1.54, 1.807) is 7.11 Å². The average molecular weight is 294 g/mol. The van der Waals surface area contributed by atoms with Crippen molar-refractivity contribution in [2.75, 3.05) is 33.4 Å². The zero-order valence-electron chi connectivity index (χ0n) is 12.5. The third-order valence-electron chi connectivity index (χ3n) is 4.16. The summed E-state index contributed by atoms with van der Waals surface area (Å²) in [5, 5.41) is 6.00. The van der Waals surface area contributed by atoms with E-state index in [2.05, 4.69) is 10.6 Å². The highest BCUT2D eigenvalue weighted by atomic mass is 19.1. The van der Waals surface area contributed by atoms with Crippen LogP contribution in [0.2, 0.25) is 0 Å². The molecule has 21 heavy (non-hydrogen) atoms. The van der Waals surface area contributed by atoms with Crippen molar-refractivity contribution in [2.24, 2.45) is 0 Å². The molecule has 0 bridgehead atoms. The van der Waals surface area contributed by atoms with Crippen LogP contribution in [-0.4, -0.2) is 39.3 Å². The number of amides is 1. The maximum atomic E-state index is 13.0. The van der Waals surface area contributed by atoms with Crippen LogP contribution in [0.25, 0.3) is 0 Å². The molecular weight excluding hydrogens is 271 g/mol. The summed E-state index contributed by atoms with van der Waals surface area (Å²) in [6.45, 7) is 2.16. The monoisotopic (exact) mass is 294 g/mol. The minimum absolute atomic E-state index is 0.0144. The summed E-state index contributed by atoms with van der Waals surface area (Å²) in [4.78, 5) is 11.8. The molecule has 1 saturated carbocycles. The van der Waals surface area contributed by atoms with E-state index >= 15 is 0 Å². The fraction of sp³-hybridized carbons (Fsp3) is 0.562. The van der Waals surface area contributed by atoms with Crippen LogP contribution in [0.4, 0.5) is 4.39 Å². The molecule has 1 aromatic rings. The molecule has 0 spiro atoms. The molecule has 0 aromatic heterocycles.